The van der Waals surface area contributed by atoms with E-state index in [0.717, 1.165) is 65.4 Å². The molecule has 0 radical (unpaired) electrons. The maximum Gasteiger partial charge on any atom is 0.225 e. The predicted octanol–water partition coefficient (Wildman–Crippen LogP) is 3.37. The van der Waals surface area contributed by atoms with Gasteiger partial charge in [0.15, 0.2) is 5.82 Å². The second-order valence-electron chi connectivity index (χ2n) is 10.9. The molecule has 3 aromatic rings. The van der Waals surface area contributed by atoms with E-state index in [1.165, 1.54) is 42.7 Å². The van der Waals surface area contributed by atoms with E-state index in [-0.39, 0.29) is 11.2 Å². The molecule has 2 aliphatic carbocycles. The number of piperazine rings is 1. The molecule has 4 atom stereocenters. The Morgan fingerprint density at radius 1 is 1.08 bits per heavy atom. The molecule has 9 nitrogen and oxygen atoms in total. The maximum absolute atomic E-state index is 6.72. The zero-order chi connectivity index (χ0) is 25.3. The SMILES string of the molecule is Cc1csc2c(N3NC(N)(c4ccc(N5CCN([C@H]6C[C@@H]7CC[C@H]6C7)CC5)cc4)N=C3N)nc(Cl)nc12. The molecule has 11 heteroatoms. The number of aromatic nitrogens is 2. The fourth-order valence-electron chi connectivity index (χ4n) is 6.81. The molecule has 4 aliphatic rings. The third kappa shape index (κ3) is 3.97. The summed E-state index contributed by atoms with van der Waals surface area (Å²) in [5, 5.41) is 3.78. The third-order valence-corrected chi connectivity index (χ3v) is 9.97. The van der Waals surface area contributed by atoms with E-state index in [1.54, 1.807) is 5.01 Å². The third-order valence-electron chi connectivity index (χ3n) is 8.72. The summed E-state index contributed by atoms with van der Waals surface area (Å²) >= 11 is 7.77. The minimum Gasteiger partial charge on any atom is -0.369 e. The molecule has 2 aromatic heterocycles. The van der Waals surface area contributed by atoms with Crippen molar-refractivity contribution in [2.45, 2.75) is 44.4 Å². The van der Waals surface area contributed by atoms with Crippen molar-refractivity contribution < 1.29 is 0 Å². The van der Waals surface area contributed by atoms with Gasteiger partial charge in [0.25, 0.3) is 0 Å². The number of benzene rings is 1. The smallest absolute Gasteiger partial charge is 0.225 e. The lowest BCUT2D eigenvalue weighted by Crippen LogP contribution is -2.53. The summed E-state index contributed by atoms with van der Waals surface area (Å²) in [6.45, 7) is 6.40. The Bertz CT molecular complexity index is 1370. The van der Waals surface area contributed by atoms with Crippen LogP contribution in [0.3, 0.4) is 0 Å². The summed E-state index contributed by atoms with van der Waals surface area (Å²) in [5.74, 6) is 1.50. The summed E-state index contributed by atoms with van der Waals surface area (Å²) in [5.41, 5.74) is 20.2. The van der Waals surface area contributed by atoms with Crippen LogP contribution in [0.25, 0.3) is 10.2 Å². The average molecular weight is 538 g/mol. The van der Waals surface area contributed by atoms with Crippen molar-refractivity contribution in [2.75, 3.05) is 36.1 Å². The maximum atomic E-state index is 6.72. The first kappa shape index (κ1) is 23.6. The van der Waals surface area contributed by atoms with Crippen LogP contribution in [-0.4, -0.2) is 53.0 Å². The van der Waals surface area contributed by atoms with Crippen LogP contribution < -0.4 is 26.8 Å². The molecule has 2 aliphatic heterocycles. The molecule has 7 rings (SSSR count). The molecule has 4 heterocycles. The number of fused-ring (bicyclic) bond motifs is 3. The van der Waals surface area contributed by atoms with E-state index < -0.39 is 5.79 Å². The lowest BCUT2D eigenvalue weighted by atomic mass is 9.93. The highest BCUT2D eigenvalue weighted by Gasteiger charge is 2.43. The fourth-order valence-corrected chi connectivity index (χ4v) is 7.94. The second-order valence-corrected chi connectivity index (χ2v) is 12.1. The molecule has 194 valence electrons. The average Bonchev–Trinajstić information content (AvgIpc) is 3.69. The van der Waals surface area contributed by atoms with Crippen LogP contribution in [0.2, 0.25) is 5.28 Å². The molecule has 3 fully saturated rings. The number of halogens is 1. The number of hydrazine groups is 1. The van der Waals surface area contributed by atoms with Crippen molar-refractivity contribution in [3.8, 4) is 0 Å². The van der Waals surface area contributed by atoms with Gasteiger partial charge >= 0.3 is 0 Å². The number of hydrogen-bond donors (Lipinski definition) is 3. The monoisotopic (exact) mass is 537 g/mol. The molecule has 37 heavy (non-hydrogen) atoms. The lowest BCUT2D eigenvalue weighted by molar-refractivity contribution is 0.135. The molecular weight excluding hydrogens is 506 g/mol. The number of aryl methyl sites for hydroxylation is 1. The van der Waals surface area contributed by atoms with Crippen LogP contribution >= 0.6 is 22.9 Å². The van der Waals surface area contributed by atoms with E-state index in [2.05, 4.69) is 42.3 Å². The molecule has 1 unspecified atom stereocenters. The van der Waals surface area contributed by atoms with Crippen molar-refractivity contribution >= 4 is 50.6 Å². The number of nitrogens with two attached hydrogens (primary N) is 2. The van der Waals surface area contributed by atoms with E-state index in [1.807, 2.05) is 24.4 Å². The molecular formula is C26H32ClN9S. The number of hydrogen-bond acceptors (Lipinski definition) is 10. The summed E-state index contributed by atoms with van der Waals surface area (Å²) in [6.07, 6.45) is 5.79. The number of anilines is 2. The molecule has 1 aromatic carbocycles. The minimum absolute atomic E-state index is 0.151. The quantitative estimate of drug-likeness (QED) is 0.434. The molecule has 1 saturated heterocycles. The Morgan fingerprint density at radius 2 is 1.86 bits per heavy atom. The molecule has 5 N–H and O–H groups in total. The number of rotatable bonds is 4. The van der Waals surface area contributed by atoms with Gasteiger partial charge in [0.05, 0.1) is 10.2 Å². The summed E-state index contributed by atoms with van der Waals surface area (Å²) < 4.78 is 0.872. The number of aliphatic imine (C=N–C) groups is 1. The highest BCUT2D eigenvalue weighted by molar-refractivity contribution is 7.18. The number of thiophene rings is 1. The topological polar surface area (TPSA) is 112 Å². The molecule has 0 spiro atoms. The van der Waals surface area contributed by atoms with Gasteiger partial charge in [0.2, 0.25) is 17.0 Å². The zero-order valence-corrected chi connectivity index (χ0v) is 22.5. The summed E-state index contributed by atoms with van der Waals surface area (Å²) in [4.78, 5) is 18.6. The van der Waals surface area contributed by atoms with Gasteiger partial charge in [0, 0.05) is 43.5 Å². The van der Waals surface area contributed by atoms with Gasteiger partial charge in [-0.2, -0.15) is 10.4 Å². The lowest BCUT2D eigenvalue weighted by Gasteiger charge is -2.42. The summed E-state index contributed by atoms with van der Waals surface area (Å²) in [6, 6.07) is 9.15. The standard InChI is InChI=1S/C26H32ClN9S/c1-15-14-37-22-21(15)30-24(27)31-23(22)36-25(28)32-26(29,33-36)18-4-6-19(7-5-18)34-8-10-35(11-9-34)20-13-16-2-3-17(20)12-16/h4-7,14,16-17,20,33H,2-3,8-13,29H2,1H3,(H2,28,32)/t16-,17+,20+,26?/m1/s1. The van der Waals surface area contributed by atoms with Crippen molar-refractivity contribution in [2.24, 2.45) is 28.3 Å². The number of nitrogens with zero attached hydrogens (tertiary/aromatic N) is 6. The molecule has 2 bridgehead atoms. The van der Waals surface area contributed by atoms with Gasteiger partial charge in [-0.05, 0) is 72.7 Å². The van der Waals surface area contributed by atoms with E-state index in [4.69, 9.17) is 23.1 Å². The van der Waals surface area contributed by atoms with Gasteiger partial charge in [-0.3, -0.25) is 10.6 Å². The van der Waals surface area contributed by atoms with Gasteiger partial charge < -0.3 is 10.6 Å². The Hall–Kier alpha value is -2.50. The first-order valence-corrected chi connectivity index (χ1v) is 14.4. The first-order chi connectivity index (χ1) is 17.9. The molecule has 0 amide bonds. The minimum atomic E-state index is -1.21. The van der Waals surface area contributed by atoms with Crippen LogP contribution in [0.5, 0.6) is 0 Å². The van der Waals surface area contributed by atoms with Crippen LogP contribution in [0.4, 0.5) is 11.5 Å². The van der Waals surface area contributed by atoms with Crippen LogP contribution in [-0.2, 0) is 5.79 Å². The van der Waals surface area contributed by atoms with Crippen molar-refractivity contribution in [3.63, 3.8) is 0 Å². The normalized spacial score (nSPS) is 30.0. The van der Waals surface area contributed by atoms with Crippen LogP contribution in [0, 0.1) is 18.8 Å². The van der Waals surface area contributed by atoms with Gasteiger partial charge in [-0.15, -0.1) is 11.3 Å². The zero-order valence-electron chi connectivity index (χ0n) is 20.9. The number of nitrogens with one attached hydrogen (secondary N) is 1. The van der Waals surface area contributed by atoms with Crippen LogP contribution in [0.15, 0.2) is 34.6 Å². The molecule has 2 saturated carbocycles. The van der Waals surface area contributed by atoms with Crippen LogP contribution in [0.1, 0.15) is 36.8 Å². The Kier molecular flexibility index (Phi) is 5.60. The first-order valence-electron chi connectivity index (χ1n) is 13.1. The van der Waals surface area contributed by atoms with E-state index in [9.17, 15) is 0 Å². The fraction of sp³-hybridized carbons (Fsp3) is 0.500. The summed E-state index contributed by atoms with van der Waals surface area (Å²) in [7, 11) is 0. The van der Waals surface area contributed by atoms with Gasteiger partial charge in [-0.1, -0.05) is 18.6 Å². The Balaban J connectivity index is 1.06. The number of guanidine groups is 1. The van der Waals surface area contributed by atoms with Crippen molar-refractivity contribution in [3.05, 3.63) is 46.1 Å². The van der Waals surface area contributed by atoms with E-state index >= 15 is 0 Å². The Labute approximate surface area is 225 Å². The van der Waals surface area contributed by atoms with Crippen molar-refractivity contribution in [1.29, 1.82) is 0 Å². The highest BCUT2D eigenvalue weighted by Crippen LogP contribution is 2.46. The predicted molar refractivity (Wildman–Crippen MR) is 150 cm³/mol. The Morgan fingerprint density at radius 3 is 2.57 bits per heavy atom. The van der Waals surface area contributed by atoms with E-state index in [0.29, 0.717) is 5.82 Å². The van der Waals surface area contributed by atoms with Crippen molar-refractivity contribution in [1.82, 2.24) is 20.3 Å². The highest BCUT2D eigenvalue weighted by atomic mass is 35.5. The largest absolute Gasteiger partial charge is 0.369 e. The van der Waals surface area contributed by atoms with Gasteiger partial charge in [-0.25, -0.2) is 15.0 Å². The second kappa shape index (κ2) is 8.78. The van der Waals surface area contributed by atoms with Gasteiger partial charge in [0.1, 0.15) is 0 Å².